The molecule has 0 fully saturated rings. The van der Waals surface area contributed by atoms with E-state index >= 15 is 0 Å². The van der Waals surface area contributed by atoms with Gasteiger partial charge in [-0.2, -0.15) is 0 Å². The minimum absolute atomic E-state index is 0.268. The maximum absolute atomic E-state index is 11.8. The molecule has 0 bridgehead atoms. The van der Waals surface area contributed by atoms with Crippen molar-refractivity contribution in [3.8, 4) is 5.75 Å². The summed E-state index contributed by atoms with van der Waals surface area (Å²) < 4.78 is 5.23. The maximum Gasteiger partial charge on any atom is 0.326 e. The van der Waals surface area contributed by atoms with Gasteiger partial charge in [0.1, 0.15) is 11.8 Å². The van der Waals surface area contributed by atoms with Crippen LogP contribution in [0.2, 0.25) is 0 Å². The smallest absolute Gasteiger partial charge is 0.326 e. The molecule has 1 atom stereocenters. The molecular formula is C13H15NO5. The quantitative estimate of drug-likeness (QED) is 0.537. The number of hydrogen-bond acceptors (Lipinski definition) is 4. The summed E-state index contributed by atoms with van der Waals surface area (Å²) in [5.74, 6) is -0.962. The Morgan fingerprint density at radius 1 is 1.37 bits per heavy atom. The van der Waals surface area contributed by atoms with Crippen LogP contribution in [0, 0.1) is 0 Å². The molecule has 6 nitrogen and oxygen atoms in total. The molecule has 1 unspecified atom stereocenters. The number of carboxylic acids is 1. The Balaban J connectivity index is 2.71. The first kappa shape index (κ1) is 14.7. The lowest BCUT2D eigenvalue weighted by atomic mass is 10.0. The van der Waals surface area contributed by atoms with Crippen molar-refractivity contribution in [1.29, 1.82) is 0 Å². The van der Waals surface area contributed by atoms with Crippen molar-refractivity contribution in [1.82, 2.24) is 5.32 Å². The Morgan fingerprint density at radius 2 is 2.00 bits per heavy atom. The second-order valence-corrected chi connectivity index (χ2v) is 3.76. The molecule has 0 aromatic heterocycles. The number of benzene rings is 1. The SMILES string of the molecule is CCOc1ccc(C(=O)CC(NC=O)C(=O)O)cc1. The first-order valence-corrected chi connectivity index (χ1v) is 5.77. The van der Waals surface area contributed by atoms with Crippen LogP contribution in [0.1, 0.15) is 23.7 Å². The third-order valence-corrected chi connectivity index (χ3v) is 2.44. The molecule has 0 aliphatic heterocycles. The van der Waals surface area contributed by atoms with Crippen LogP contribution in [0.3, 0.4) is 0 Å². The fourth-order valence-electron chi connectivity index (χ4n) is 1.51. The van der Waals surface area contributed by atoms with Crippen molar-refractivity contribution in [3.63, 3.8) is 0 Å². The average Bonchev–Trinajstić information content (AvgIpc) is 2.39. The number of Topliss-reactive ketones (excluding diaryl/α,β-unsaturated/α-hetero) is 1. The summed E-state index contributed by atoms with van der Waals surface area (Å²) in [5, 5.41) is 10.9. The number of carbonyl (C=O) groups is 3. The minimum Gasteiger partial charge on any atom is -0.494 e. The van der Waals surface area contributed by atoms with Gasteiger partial charge in [-0.3, -0.25) is 9.59 Å². The lowest BCUT2D eigenvalue weighted by molar-refractivity contribution is -0.140. The van der Waals surface area contributed by atoms with E-state index in [9.17, 15) is 14.4 Å². The molecule has 0 spiro atoms. The van der Waals surface area contributed by atoms with E-state index in [-0.39, 0.29) is 18.6 Å². The lowest BCUT2D eigenvalue weighted by Crippen LogP contribution is -2.37. The molecule has 1 rings (SSSR count). The van der Waals surface area contributed by atoms with Gasteiger partial charge in [0, 0.05) is 12.0 Å². The van der Waals surface area contributed by atoms with Crippen molar-refractivity contribution in [2.45, 2.75) is 19.4 Å². The first-order valence-electron chi connectivity index (χ1n) is 5.77. The van der Waals surface area contributed by atoms with Crippen molar-refractivity contribution >= 4 is 18.2 Å². The number of nitrogens with one attached hydrogen (secondary N) is 1. The van der Waals surface area contributed by atoms with Crippen molar-refractivity contribution in [2.75, 3.05) is 6.61 Å². The van der Waals surface area contributed by atoms with Crippen LogP contribution in [0.4, 0.5) is 0 Å². The molecule has 6 heteroatoms. The Hall–Kier alpha value is -2.37. The predicted octanol–water partition coefficient (Wildman–Crippen LogP) is 0.857. The van der Waals surface area contributed by atoms with E-state index in [4.69, 9.17) is 9.84 Å². The Morgan fingerprint density at radius 3 is 2.47 bits per heavy atom. The summed E-state index contributed by atoms with van der Waals surface area (Å²) in [6.07, 6.45) is -0.0215. The van der Waals surface area contributed by atoms with E-state index < -0.39 is 12.0 Å². The third kappa shape index (κ3) is 4.42. The standard InChI is InChI=1S/C13H15NO5/c1-2-19-10-5-3-9(4-6-10)12(16)7-11(13(17)18)14-8-15/h3-6,8,11H,2,7H2,1H3,(H,14,15)(H,17,18). The van der Waals surface area contributed by atoms with Crippen LogP contribution in [0.15, 0.2) is 24.3 Å². The van der Waals surface area contributed by atoms with Gasteiger partial charge >= 0.3 is 5.97 Å². The highest BCUT2D eigenvalue weighted by atomic mass is 16.5. The Labute approximate surface area is 110 Å². The molecule has 1 aromatic rings. The number of ether oxygens (including phenoxy) is 1. The fraction of sp³-hybridized carbons (Fsp3) is 0.308. The highest BCUT2D eigenvalue weighted by Crippen LogP contribution is 2.14. The fourth-order valence-corrected chi connectivity index (χ4v) is 1.51. The molecule has 0 radical (unpaired) electrons. The summed E-state index contributed by atoms with van der Waals surface area (Å²) in [6, 6.07) is 5.19. The molecule has 0 saturated carbocycles. The van der Waals surface area contributed by atoms with Crippen LogP contribution < -0.4 is 10.1 Å². The molecular weight excluding hydrogens is 250 g/mol. The van der Waals surface area contributed by atoms with Gasteiger partial charge in [-0.05, 0) is 31.2 Å². The summed E-state index contributed by atoms with van der Waals surface area (Å²) in [6.45, 7) is 2.37. The van der Waals surface area contributed by atoms with E-state index in [1.54, 1.807) is 24.3 Å². The van der Waals surface area contributed by atoms with Crippen LogP contribution in [0.25, 0.3) is 0 Å². The minimum atomic E-state index is -1.24. The maximum atomic E-state index is 11.8. The van der Waals surface area contributed by atoms with Gasteiger partial charge in [0.25, 0.3) is 0 Å². The van der Waals surface area contributed by atoms with Crippen LogP contribution in [-0.2, 0) is 9.59 Å². The highest BCUT2D eigenvalue weighted by Gasteiger charge is 2.21. The monoisotopic (exact) mass is 265 g/mol. The van der Waals surface area contributed by atoms with Gasteiger partial charge in [0.2, 0.25) is 6.41 Å². The van der Waals surface area contributed by atoms with Crippen molar-refractivity contribution in [2.24, 2.45) is 0 Å². The first-order chi connectivity index (χ1) is 9.08. The van der Waals surface area contributed by atoms with Crippen LogP contribution in [0.5, 0.6) is 5.75 Å². The second-order valence-electron chi connectivity index (χ2n) is 3.76. The number of carboxylic acid groups (broad SMARTS) is 1. The summed E-state index contributed by atoms with van der Waals surface area (Å²) >= 11 is 0. The van der Waals surface area contributed by atoms with E-state index in [0.29, 0.717) is 17.9 Å². The zero-order chi connectivity index (χ0) is 14.3. The predicted molar refractivity (Wildman–Crippen MR) is 67.2 cm³/mol. The van der Waals surface area contributed by atoms with Gasteiger partial charge in [0.05, 0.1) is 6.61 Å². The number of aliphatic carboxylic acids is 1. The van der Waals surface area contributed by atoms with Gasteiger partial charge in [0.15, 0.2) is 5.78 Å². The summed E-state index contributed by atoms with van der Waals surface area (Å²) in [7, 11) is 0. The lowest BCUT2D eigenvalue weighted by Gasteiger charge is -2.10. The van der Waals surface area contributed by atoms with Gasteiger partial charge in [-0.15, -0.1) is 0 Å². The van der Waals surface area contributed by atoms with E-state index in [2.05, 4.69) is 5.32 Å². The van der Waals surface area contributed by atoms with E-state index in [1.165, 1.54) is 0 Å². The molecule has 1 amide bonds. The molecule has 1 aromatic carbocycles. The number of amides is 1. The van der Waals surface area contributed by atoms with Crippen LogP contribution in [-0.4, -0.2) is 35.9 Å². The van der Waals surface area contributed by atoms with Crippen molar-refractivity contribution < 1.29 is 24.2 Å². The molecule has 0 aliphatic rings. The molecule has 102 valence electrons. The molecule has 0 saturated heterocycles. The zero-order valence-corrected chi connectivity index (χ0v) is 10.5. The zero-order valence-electron chi connectivity index (χ0n) is 10.5. The second kappa shape index (κ2) is 7.15. The van der Waals surface area contributed by atoms with Gasteiger partial charge < -0.3 is 15.2 Å². The number of carbonyl (C=O) groups excluding carboxylic acids is 2. The summed E-state index contributed by atoms with van der Waals surface area (Å²) in [4.78, 5) is 32.9. The topological polar surface area (TPSA) is 92.7 Å². The van der Waals surface area contributed by atoms with Crippen molar-refractivity contribution in [3.05, 3.63) is 29.8 Å². The molecule has 0 heterocycles. The highest BCUT2D eigenvalue weighted by molar-refractivity contribution is 5.99. The van der Waals surface area contributed by atoms with Crippen LogP contribution >= 0.6 is 0 Å². The third-order valence-electron chi connectivity index (χ3n) is 2.44. The Bertz CT molecular complexity index is 455. The van der Waals surface area contributed by atoms with E-state index in [1.807, 2.05) is 6.92 Å². The largest absolute Gasteiger partial charge is 0.494 e. The normalized spacial score (nSPS) is 11.4. The van der Waals surface area contributed by atoms with Gasteiger partial charge in [-0.1, -0.05) is 0 Å². The molecule has 19 heavy (non-hydrogen) atoms. The molecule has 0 aliphatic carbocycles. The number of rotatable bonds is 8. The number of ketones is 1. The van der Waals surface area contributed by atoms with E-state index in [0.717, 1.165) is 0 Å². The Kier molecular flexibility index (Phi) is 5.53. The number of hydrogen-bond donors (Lipinski definition) is 2. The average molecular weight is 265 g/mol. The molecule has 2 N–H and O–H groups in total. The van der Waals surface area contributed by atoms with Gasteiger partial charge in [-0.25, -0.2) is 4.79 Å². The summed E-state index contributed by atoms with van der Waals surface area (Å²) in [5.41, 5.74) is 0.377.